The van der Waals surface area contributed by atoms with E-state index in [4.69, 9.17) is 16.9 Å². The summed E-state index contributed by atoms with van der Waals surface area (Å²) in [6.07, 6.45) is 1.51. The van der Waals surface area contributed by atoms with Gasteiger partial charge in [-0.05, 0) is 18.2 Å². The Balaban J connectivity index is 3.28. The predicted octanol–water partition coefficient (Wildman–Crippen LogP) is 2.41. The fraction of sp³-hybridized carbons (Fsp3) is 0.250. The molecule has 0 atom stereocenters. The Morgan fingerprint density at radius 3 is 2.67 bits per heavy atom. The molecular formula is C12H13ClN2O2S. The molecule has 0 amide bonds. The minimum atomic E-state index is -3.65. The van der Waals surface area contributed by atoms with Crippen LogP contribution in [0.2, 0.25) is 5.02 Å². The molecule has 0 aliphatic carbocycles. The van der Waals surface area contributed by atoms with Crippen LogP contribution in [-0.4, -0.2) is 25.8 Å². The van der Waals surface area contributed by atoms with Crippen molar-refractivity contribution < 1.29 is 8.42 Å². The molecule has 6 heteroatoms. The van der Waals surface area contributed by atoms with Gasteiger partial charge in [-0.2, -0.15) is 9.57 Å². The van der Waals surface area contributed by atoms with Gasteiger partial charge in [-0.3, -0.25) is 0 Å². The number of hydrogen-bond donors (Lipinski definition) is 0. The minimum Gasteiger partial charge on any atom is -0.207 e. The third kappa shape index (κ3) is 2.91. The highest BCUT2D eigenvalue weighted by molar-refractivity contribution is 7.89. The van der Waals surface area contributed by atoms with E-state index in [9.17, 15) is 8.42 Å². The molecule has 0 aromatic heterocycles. The van der Waals surface area contributed by atoms with Crippen LogP contribution in [-0.2, 0) is 10.0 Å². The normalized spacial score (nSPS) is 11.2. The summed E-state index contributed by atoms with van der Waals surface area (Å²) in [6, 6.07) is 6.03. The second-order valence-corrected chi connectivity index (χ2v) is 5.81. The Morgan fingerprint density at radius 2 is 2.22 bits per heavy atom. The predicted molar refractivity (Wildman–Crippen MR) is 70.8 cm³/mol. The standard InChI is InChI=1S/C12H13ClN2O2S/c1-3-7-15(4-2)18(16,17)12-6-5-10(9-14)8-11(12)13/h3,5-6,8H,1,4,7H2,2H3. The SMILES string of the molecule is C=CCN(CC)S(=O)(=O)c1ccc(C#N)cc1Cl. The number of benzene rings is 1. The molecule has 0 heterocycles. The number of nitriles is 1. The van der Waals surface area contributed by atoms with Crippen molar-refractivity contribution in [3.05, 3.63) is 41.4 Å². The van der Waals surface area contributed by atoms with Gasteiger partial charge < -0.3 is 0 Å². The summed E-state index contributed by atoms with van der Waals surface area (Å²) in [7, 11) is -3.65. The third-order valence-electron chi connectivity index (χ3n) is 2.36. The summed E-state index contributed by atoms with van der Waals surface area (Å²) in [5.41, 5.74) is 0.325. The van der Waals surface area contributed by atoms with Crippen LogP contribution in [0.3, 0.4) is 0 Å². The smallest absolute Gasteiger partial charge is 0.207 e. The average Bonchev–Trinajstić information content (AvgIpc) is 2.35. The van der Waals surface area contributed by atoms with E-state index < -0.39 is 10.0 Å². The van der Waals surface area contributed by atoms with Crippen molar-refractivity contribution in [1.29, 1.82) is 5.26 Å². The Labute approximate surface area is 112 Å². The quantitative estimate of drug-likeness (QED) is 0.780. The van der Waals surface area contributed by atoms with E-state index >= 15 is 0 Å². The number of likely N-dealkylation sites (N-methyl/N-ethyl adjacent to an activating group) is 1. The molecule has 1 rings (SSSR count). The molecule has 0 aliphatic rings. The Kier molecular flexibility index (Phi) is 4.91. The first-order chi connectivity index (χ1) is 8.47. The van der Waals surface area contributed by atoms with Gasteiger partial charge in [0.15, 0.2) is 0 Å². The third-order valence-corrected chi connectivity index (χ3v) is 4.79. The van der Waals surface area contributed by atoms with Crippen molar-refractivity contribution in [1.82, 2.24) is 4.31 Å². The Morgan fingerprint density at radius 1 is 1.56 bits per heavy atom. The molecule has 0 N–H and O–H groups in total. The lowest BCUT2D eigenvalue weighted by Crippen LogP contribution is -2.31. The van der Waals surface area contributed by atoms with Gasteiger partial charge in [-0.1, -0.05) is 24.6 Å². The largest absolute Gasteiger partial charge is 0.244 e. The number of halogens is 1. The highest BCUT2D eigenvalue weighted by atomic mass is 35.5. The highest BCUT2D eigenvalue weighted by Crippen LogP contribution is 2.25. The molecule has 1 aromatic carbocycles. The minimum absolute atomic E-state index is 0.00636. The van der Waals surface area contributed by atoms with Crippen LogP contribution in [0.25, 0.3) is 0 Å². The van der Waals surface area contributed by atoms with Gasteiger partial charge in [0.25, 0.3) is 0 Å². The van der Waals surface area contributed by atoms with E-state index in [0.29, 0.717) is 12.1 Å². The summed E-state index contributed by atoms with van der Waals surface area (Å²) in [6.45, 7) is 5.80. The van der Waals surface area contributed by atoms with Gasteiger partial charge in [0, 0.05) is 13.1 Å². The van der Waals surface area contributed by atoms with Crippen molar-refractivity contribution in [2.75, 3.05) is 13.1 Å². The maximum Gasteiger partial charge on any atom is 0.244 e. The first-order valence-corrected chi connectivity index (χ1v) is 7.09. The molecule has 0 fully saturated rings. The number of nitrogens with zero attached hydrogens (tertiary/aromatic N) is 2. The number of sulfonamides is 1. The molecule has 4 nitrogen and oxygen atoms in total. The molecule has 0 saturated carbocycles. The van der Waals surface area contributed by atoms with Crippen LogP contribution in [0.4, 0.5) is 0 Å². The average molecular weight is 285 g/mol. The van der Waals surface area contributed by atoms with Crippen LogP contribution in [0.1, 0.15) is 12.5 Å². The lowest BCUT2D eigenvalue weighted by atomic mass is 10.2. The van der Waals surface area contributed by atoms with Crippen LogP contribution in [0.5, 0.6) is 0 Å². The van der Waals surface area contributed by atoms with E-state index in [-0.39, 0.29) is 16.5 Å². The van der Waals surface area contributed by atoms with Crippen LogP contribution < -0.4 is 0 Å². The highest BCUT2D eigenvalue weighted by Gasteiger charge is 2.24. The Bertz CT molecular complexity index is 591. The first kappa shape index (κ1) is 14.7. The molecule has 0 saturated heterocycles. The van der Waals surface area contributed by atoms with Crippen molar-refractivity contribution in [3.63, 3.8) is 0 Å². The molecule has 0 radical (unpaired) electrons. The summed E-state index contributed by atoms with van der Waals surface area (Å²) >= 11 is 5.91. The van der Waals surface area contributed by atoms with E-state index in [1.165, 1.54) is 28.6 Å². The summed E-state index contributed by atoms with van der Waals surface area (Å²) < 4.78 is 25.8. The van der Waals surface area contributed by atoms with Crippen LogP contribution >= 0.6 is 11.6 Å². The molecule has 18 heavy (non-hydrogen) atoms. The molecule has 1 aromatic rings. The monoisotopic (exact) mass is 284 g/mol. The van der Waals surface area contributed by atoms with Crippen molar-refractivity contribution in [2.24, 2.45) is 0 Å². The fourth-order valence-corrected chi connectivity index (χ4v) is 3.40. The maximum absolute atomic E-state index is 12.3. The molecule has 0 spiro atoms. The number of rotatable bonds is 5. The van der Waals surface area contributed by atoms with E-state index in [1.54, 1.807) is 6.92 Å². The van der Waals surface area contributed by atoms with Gasteiger partial charge in [0.1, 0.15) is 4.90 Å². The summed E-state index contributed by atoms with van der Waals surface area (Å²) in [4.78, 5) is 0.00636. The summed E-state index contributed by atoms with van der Waals surface area (Å²) in [5.74, 6) is 0. The zero-order valence-corrected chi connectivity index (χ0v) is 11.5. The van der Waals surface area contributed by atoms with Gasteiger partial charge >= 0.3 is 0 Å². The van der Waals surface area contributed by atoms with Gasteiger partial charge in [0.2, 0.25) is 10.0 Å². The van der Waals surface area contributed by atoms with Crippen molar-refractivity contribution in [2.45, 2.75) is 11.8 Å². The van der Waals surface area contributed by atoms with Crippen molar-refractivity contribution >= 4 is 21.6 Å². The van der Waals surface area contributed by atoms with Gasteiger partial charge in [0.05, 0.1) is 16.7 Å². The van der Waals surface area contributed by atoms with Gasteiger partial charge in [-0.25, -0.2) is 8.42 Å². The lowest BCUT2D eigenvalue weighted by molar-refractivity contribution is 0.460. The molecule has 0 unspecified atom stereocenters. The van der Waals surface area contributed by atoms with E-state index in [0.717, 1.165) is 0 Å². The molecule has 96 valence electrons. The van der Waals surface area contributed by atoms with E-state index in [1.807, 2.05) is 6.07 Å². The van der Waals surface area contributed by atoms with Gasteiger partial charge in [-0.15, -0.1) is 6.58 Å². The molecule has 0 aliphatic heterocycles. The van der Waals surface area contributed by atoms with Crippen LogP contribution in [0, 0.1) is 11.3 Å². The topological polar surface area (TPSA) is 61.2 Å². The Hall–Kier alpha value is -1.35. The lowest BCUT2D eigenvalue weighted by Gasteiger charge is -2.19. The second kappa shape index (κ2) is 6.01. The fourth-order valence-electron chi connectivity index (χ4n) is 1.46. The van der Waals surface area contributed by atoms with E-state index in [2.05, 4.69) is 6.58 Å². The summed E-state index contributed by atoms with van der Waals surface area (Å²) in [5, 5.41) is 8.77. The second-order valence-electron chi connectivity index (χ2n) is 3.50. The first-order valence-electron chi connectivity index (χ1n) is 5.28. The maximum atomic E-state index is 12.3. The molecular weight excluding hydrogens is 272 g/mol. The molecule has 0 bridgehead atoms. The van der Waals surface area contributed by atoms with Crippen LogP contribution in [0.15, 0.2) is 35.7 Å². The number of hydrogen-bond acceptors (Lipinski definition) is 3. The van der Waals surface area contributed by atoms with Crippen molar-refractivity contribution in [3.8, 4) is 6.07 Å². The zero-order valence-electron chi connectivity index (χ0n) is 9.93. The zero-order chi connectivity index (χ0) is 13.8.